The minimum Gasteiger partial charge on any atom is -0.322 e. The number of fused-ring (bicyclic) bond motifs is 1. The fourth-order valence-corrected chi connectivity index (χ4v) is 3.87. The van der Waals surface area contributed by atoms with Crippen molar-refractivity contribution >= 4 is 43.9 Å². The third-order valence-corrected chi connectivity index (χ3v) is 6.02. The molecular weight excluding hydrogens is 420 g/mol. The summed E-state index contributed by atoms with van der Waals surface area (Å²) in [7, 11) is -3.30. The number of rotatable bonds is 4. The molecule has 3 aromatic carbocycles. The average molecular weight is 437 g/mol. The van der Waals surface area contributed by atoms with Gasteiger partial charge in [0.1, 0.15) is 0 Å². The van der Waals surface area contributed by atoms with Crippen molar-refractivity contribution in [1.29, 1.82) is 0 Å². The molecule has 30 heavy (non-hydrogen) atoms. The highest BCUT2D eigenvalue weighted by atomic mass is 35.5. The van der Waals surface area contributed by atoms with Gasteiger partial charge in [0.15, 0.2) is 9.84 Å². The number of hydrogen-bond donors (Lipinski definition) is 1. The van der Waals surface area contributed by atoms with E-state index in [1.54, 1.807) is 30.3 Å². The van der Waals surface area contributed by atoms with Gasteiger partial charge in [-0.25, -0.2) is 13.4 Å². The molecule has 7 heteroatoms. The van der Waals surface area contributed by atoms with E-state index in [9.17, 15) is 13.2 Å². The van der Waals surface area contributed by atoms with E-state index in [4.69, 9.17) is 11.6 Å². The van der Waals surface area contributed by atoms with Gasteiger partial charge in [0.2, 0.25) is 0 Å². The van der Waals surface area contributed by atoms with Crippen molar-refractivity contribution in [2.24, 2.45) is 0 Å². The van der Waals surface area contributed by atoms with Crippen LogP contribution >= 0.6 is 11.6 Å². The van der Waals surface area contributed by atoms with Crippen molar-refractivity contribution in [2.45, 2.75) is 4.90 Å². The third-order valence-electron chi connectivity index (χ3n) is 4.64. The first-order valence-corrected chi connectivity index (χ1v) is 11.4. The number of nitrogens with zero attached hydrogens (tertiary/aromatic N) is 1. The van der Waals surface area contributed by atoms with E-state index in [0.29, 0.717) is 27.5 Å². The van der Waals surface area contributed by atoms with Gasteiger partial charge in [-0.3, -0.25) is 4.79 Å². The molecule has 0 fully saturated rings. The standard InChI is InChI=1S/C23H17ClN2O3S/c1-30(28,29)18-12-10-17(11-13-18)25-23(27)20-14-22(15-6-8-16(24)9-7-15)26-21-5-3-2-4-19(20)21/h2-14H,1H3,(H,25,27). The van der Waals surface area contributed by atoms with Crippen LogP contribution in [-0.2, 0) is 9.84 Å². The largest absolute Gasteiger partial charge is 0.322 e. The number of sulfone groups is 1. The van der Waals surface area contributed by atoms with E-state index in [1.807, 2.05) is 36.4 Å². The smallest absolute Gasteiger partial charge is 0.256 e. The molecule has 0 radical (unpaired) electrons. The minimum atomic E-state index is -3.30. The molecule has 0 unspecified atom stereocenters. The van der Waals surface area contributed by atoms with E-state index < -0.39 is 9.84 Å². The molecule has 0 spiro atoms. The van der Waals surface area contributed by atoms with Crippen molar-refractivity contribution < 1.29 is 13.2 Å². The van der Waals surface area contributed by atoms with Crippen LogP contribution in [0.3, 0.4) is 0 Å². The lowest BCUT2D eigenvalue weighted by atomic mass is 10.0. The maximum atomic E-state index is 13.1. The molecule has 0 saturated carbocycles. The van der Waals surface area contributed by atoms with Crippen LogP contribution in [0.15, 0.2) is 83.8 Å². The van der Waals surface area contributed by atoms with Crippen molar-refractivity contribution in [3.8, 4) is 11.3 Å². The van der Waals surface area contributed by atoms with E-state index in [1.165, 1.54) is 12.1 Å². The Hall–Kier alpha value is -3.22. The van der Waals surface area contributed by atoms with Gasteiger partial charge in [-0.1, -0.05) is 41.9 Å². The highest BCUT2D eigenvalue weighted by molar-refractivity contribution is 7.90. The van der Waals surface area contributed by atoms with Gasteiger partial charge < -0.3 is 5.32 Å². The fraction of sp³-hybridized carbons (Fsp3) is 0.0435. The van der Waals surface area contributed by atoms with Gasteiger partial charge in [-0.2, -0.15) is 0 Å². The van der Waals surface area contributed by atoms with Crippen molar-refractivity contribution in [3.63, 3.8) is 0 Å². The molecule has 4 rings (SSSR count). The van der Waals surface area contributed by atoms with Crippen LogP contribution in [0.4, 0.5) is 5.69 Å². The molecule has 4 aromatic rings. The molecule has 0 aliphatic rings. The van der Waals surface area contributed by atoms with Gasteiger partial charge in [0.25, 0.3) is 5.91 Å². The number of benzene rings is 3. The number of amides is 1. The molecule has 1 aromatic heterocycles. The summed E-state index contributed by atoms with van der Waals surface area (Å²) in [5, 5.41) is 4.18. The van der Waals surface area contributed by atoms with Crippen LogP contribution in [0.2, 0.25) is 5.02 Å². The Morgan fingerprint density at radius 1 is 0.933 bits per heavy atom. The fourth-order valence-electron chi connectivity index (χ4n) is 3.12. The molecular formula is C23H17ClN2O3S. The molecule has 0 aliphatic heterocycles. The van der Waals surface area contributed by atoms with Crippen LogP contribution in [0.5, 0.6) is 0 Å². The summed E-state index contributed by atoms with van der Waals surface area (Å²) < 4.78 is 23.2. The van der Waals surface area contributed by atoms with Gasteiger partial charge in [-0.05, 0) is 48.5 Å². The first-order valence-electron chi connectivity index (χ1n) is 9.08. The normalized spacial score (nSPS) is 11.4. The summed E-state index contributed by atoms with van der Waals surface area (Å²) in [5.41, 5.74) is 3.17. The Morgan fingerprint density at radius 3 is 2.27 bits per heavy atom. The molecule has 0 bridgehead atoms. The van der Waals surface area contributed by atoms with Crippen molar-refractivity contribution in [1.82, 2.24) is 4.98 Å². The lowest BCUT2D eigenvalue weighted by molar-refractivity contribution is 0.102. The Labute approximate surface area is 179 Å². The molecule has 0 aliphatic carbocycles. The number of nitrogens with one attached hydrogen (secondary N) is 1. The molecule has 1 heterocycles. The molecule has 150 valence electrons. The van der Waals surface area contributed by atoms with Crippen LogP contribution in [0.25, 0.3) is 22.2 Å². The SMILES string of the molecule is CS(=O)(=O)c1ccc(NC(=O)c2cc(-c3ccc(Cl)cc3)nc3ccccc23)cc1. The number of anilines is 1. The molecule has 1 amide bonds. The van der Waals surface area contributed by atoms with Crippen LogP contribution < -0.4 is 5.32 Å². The second kappa shape index (κ2) is 7.89. The monoisotopic (exact) mass is 436 g/mol. The second-order valence-corrected chi connectivity index (χ2v) is 9.28. The van der Waals surface area contributed by atoms with Gasteiger partial charge in [-0.15, -0.1) is 0 Å². The third kappa shape index (κ3) is 4.20. The first-order chi connectivity index (χ1) is 14.3. The summed E-state index contributed by atoms with van der Waals surface area (Å²) in [5.74, 6) is -0.309. The Bertz CT molecular complexity index is 1350. The van der Waals surface area contributed by atoms with Gasteiger partial charge >= 0.3 is 0 Å². The number of para-hydroxylation sites is 1. The van der Waals surface area contributed by atoms with E-state index in [-0.39, 0.29) is 10.8 Å². The molecule has 1 N–H and O–H groups in total. The van der Waals surface area contributed by atoms with Crippen LogP contribution in [-0.4, -0.2) is 25.6 Å². The molecule has 0 atom stereocenters. The maximum Gasteiger partial charge on any atom is 0.256 e. The summed E-state index contributed by atoms with van der Waals surface area (Å²) in [6.45, 7) is 0. The highest BCUT2D eigenvalue weighted by Gasteiger charge is 2.15. The number of carbonyl (C=O) groups excluding carboxylic acids is 1. The predicted molar refractivity (Wildman–Crippen MR) is 120 cm³/mol. The molecule has 0 saturated heterocycles. The van der Waals surface area contributed by atoms with Crippen LogP contribution in [0.1, 0.15) is 10.4 Å². The summed E-state index contributed by atoms with van der Waals surface area (Å²) in [4.78, 5) is 17.9. The molecule has 5 nitrogen and oxygen atoms in total. The van der Waals surface area contributed by atoms with Crippen molar-refractivity contribution in [2.75, 3.05) is 11.6 Å². The summed E-state index contributed by atoms with van der Waals surface area (Å²) in [6.07, 6.45) is 1.14. The van der Waals surface area contributed by atoms with Gasteiger partial charge in [0, 0.05) is 27.9 Å². The number of carbonyl (C=O) groups is 1. The minimum absolute atomic E-state index is 0.194. The second-order valence-electron chi connectivity index (χ2n) is 6.83. The summed E-state index contributed by atoms with van der Waals surface area (Å²) >= 11 is 5.98. The van der Waals surface area contributed by atoms with E-state index in [0.717, 1.165) is 17.2 Å². The number of halogens is 1. The maximum absolute atomic E-state index is 13.1. The quantitative estimate of drug-likeness (QED) is 0.476. The van der Waals surface area contributed by atoms with Crippen molar-refractivity contribution in [3.05, 3.63) is 89.4 Å². The lowest BCUT2D eigenvalue weighted by Gasteiger charge is -2.11. The number of aromatic nitrogens is 1. The zero-order valence-electron chi connectivity index (χ0n) is 16.0. The Balaban J connectivity index is 1.73. The number of hydrogen-bond acceptors (Lipinski definition) is 4. The predicted octanol–water partition coefficient (Wildman–Crippen LogP) is 5.21. The Kier molecular flexibility index (Phi) is 5.28. The lowest BCUT2D eigenvalue weighted by Crippen LogP contribution is -2.13. The zero-order valence-corrected chi connectivity index (χ0v) is 17.5. The number of pyridine rings is 1. The first kappa shape index (κ1) is 20.1. The topological polar surface area (TPSA) is 76.1 Å². The average Bonchev–Trinajstić information content (AvgIpc) is 2.73. The Morgan fingerprint density at radius 2 is 1.60 bits per heavy atom. The van der Waals surface area contributed by atoms with Crippen LogP contribution in [0, 0.1) is 0 Å². The van der Waals surface area contributed by atoms with Gasteiger partial charge in [0.05, 0.1) is 21.7 Å². The van der Waals surface area contributed by atoms with E-state index in [2.05, 4.69) is 10.3 Å². The zero-order chi connectivity index (χ0) is 21.3. The highest BCUT2D eigenvalue weighted by Crippen LogP contribution is 2.27. The van der Waals surface area contributed by atoms with E-state index >= 15 is 0 Å². The summed E-state index contributed by atoms with van der Waals surface area (Å²) in [6, 6.07) is 22.5.